The monoisotopic (exact) mass is 407 g/mol. The minimum absolute atomic E-state index is 0.0159. The number of benzene rings is 2. The molecule has 0 saturated carbocycles. The molecule has 1 aliphatic rings. The maximum atomic E-state index is 12.8. The van der Waals surface area contributed by atoms with Crippen molar-refractivity contribution in [3.8, 4) is 0 Å². The first-order valence-corrected chi connectivity index (χ1v) is 10.3. The Hall–Kier alpha value is -3.12. The fourth-order valence-electron chi connectivity index (χ4n) is 3.64. The van der Waals surface area contributed by atoms with Gasteiger partial charge in [-0.2, -0.15) is 0 Å². The maximum absolute atomic E-state index is 12.8. The van der Waals surface area contributed by atoms with E-state index in [1.807, 2.05) is 41.3 Å². The molecule has 6 nitrogen and oxygen atoms in total. The predicted molar refractivity (Wildman–Crippen MR) is 117 cm³/mol. The predicted octanol–water partition coefficient (Wildman–Crippen LogP) is 2.92. The molecule has 3 rings (SSSR count). The van der Waals surface area contributed by atoms with Gasteiger partial charge in [-0.05, 0) is 17.5 Å². The summed E-state index contributed by atoms with van der Waals surface area (Å²) in [4.78, 5) is 26.3. The van der Waals surface area contributed by atoms with Gasteiger partial charge in [0.1, 0.15) is 6.61 Å². The Morgan fingerprint density at radius 2 is 1.80 bits per heavy atom. The second-order valence-corrected chi connectivity index (χ2v) is 7.35. The van der Waals surface area contributed by atoms with Crippen LogP contribution in [0.3, 0.4) is 0 Å². The van der Waals surface area contributed by atoms with Crippen molar-refractivity contribution in [3.05, 3.63) is 84.4 Å². The van der Waals surface area contributed by atoms with Gasteiger partial charge in [0.05, 0.1) is 6.54 Å². The topological polar surface area (TPSA) is 70.7 Å². The van der Waals surface area contributed by atoms with E-state index in [2.05, 4.69) is 41.5 Å². The lowest BCUT2D eigenvalue weighted by Gasteiger charge is -2.27. The Kier molecular flexibility index (Phi) is 8.03. The van der Waals surface area contributed by atoms with Gasteiger partial charge in [0.2, 0.25) is 5.91 Å². The smallest absolute Gasteiger partial charge is 0.407 e. The average molecular weight is 408 g/mol. The van der Waals surface area contributed by atoms with Crippen molar-refractivity contribution in [3.63, 3.8) is 0 Å². The summed E-state index contributed by atoms with van der Waals surface area (Å²) < 4.78 is 4.93. The summed E-state index contributed by atoms with van der Waals surface area (Å²) in [6, 6.07) is 20.6. The van der Waals surface area contributed by atoms with E-state index in [1.54, 1.807) is 0 Å². The molecule has 1 heterocycles. The Labute approximate surface area is 177 Å². The summed E-state index contributed by atoms with van der Waals surface area (Å²) in [7, 11) is 0. The summed E-state index contributed by atoms with van der Waals surface area (Å²) in [5.41, 5.74) is 2.38. The van der Waals surface area contributed by atoms with Crippen molar-refractivity contribution in [2.24, 2.45) is 0 Å². The van der Waals surface area contributed by atoms with E-state index in [1.165, 1.54) is 17.2 Å². The molecular weight excluding hydrogens is 378 g/mol. The minimum Gasteiger partial charge on any atom is -0.445 e. The number of alkyl carbamates (subject to hydrolysis) is 1. The molecule has 0 spiro atoms. The Morgan fingerprint density at radius 3 is 2.40 bits per heavy atom. The second kappa shape index (κ2) is 11.2. The highest BCUT2D eigenvalue weighted by Gasteiger charge is 2.26. The Bertz CT molecular complexity index is 787. The van der Waals surface area contributed by atoms with Crippen molar-refractivity contribution in [2.45, 2.75) is 18.4 Å². The van der Waals surface area contributed by atoms with Crippen LogP contribution in [0.15, 0.2) is 73.3 Å². The van der Waals surface area contributed by atoms with E-state index < -0.39 is 6.09 Å². The third kappa shape index (κ3) is 6.19. The van der Waals surface area contributed by atoms with Crippen LogP contribution in [-0.4, -0.2) is 55.7 Å². The molecule has 1 unspecified atom stereocenters. The quantitative estimate of drug-likeness (QED) is 0.660. The van der Waals surface area contributed by atoms with Crippen LogP contribution in [-0.2, 0) is 9.53 Å². The second-order valence-electron chi connectivity index (χ2n) is 7.35. The number of ether oxygens (including phenoxy) is 1. The van der Waals surface area contributed by atoms with Crippen LogP contribution in [0, 0.1) is 0 Å². The van der Waals surface area contributed by atoms with Gasteiger partial charge in [-0.15, -0.1) is 0 Å². The summed E-state index contributed by atoms with van der Waals surface area (Å²) in [5.74, 6) is 0.184. The van der Waals surface area contributed by atoms with Crippen LogP contribution in [0.5, 0.6) is 0 Å². The molecule has 158 valence electrons. The van der Waals surface area contributed by atoms with Crippen LogP contribution in [0.25, 0.3) is 0 Å². The lowest BCUT2D eigenvalue weighted by molar-refractivity contribution is -0.129. The molecule has 6 heteroatoms. The van der Waals surface area contributed by atoms with Gasteiger partial charge in [-0.3, -0.25) is 4.79 Å². The average Bonchev–Trinajstić information content (AvgIpc) is 2.97. The fraction of sp³-hybridized carbons (Fsp3) is 0.333. The van der Waals surface area contributed by atoms with Gasteiger partial charge in [0.25, 0.3) is 0 Å². The third-order valence-corrected chi connectivity index (χ3v) is 5.27. The molecule has 1 aliphatic heterocycles. The van der Waals surface area contributed by atoms with Crippen LogP contribution < -0.4 is 10.6 Å². The normalized spacial score (nSPS) is 16.8. The maximum Gasteiger partial charge on any atom is 0.407 e. The number of amides is 2. The highest BCUT2D eigenvalue weighted by Crippen LogP contribution is 2.26. The van der Waals surface area contributed by atoms with Crippen LogP contribution in [0.1, 0.15) is 23.5 Å². The molecule has 30 heavy (non-hydrogen) atoms. The number of carbonyl (C=O) groups excluding carboxylic acids is 2. The molecule has 1 fully saturated rings. The van der Waals surface area contributed by atoms with E-state index in [4.69, 9.17) is 4.74 Å². The van der Waals surface area contributed by atoms with Gasteiger partial charge < -0.3 is 20.3 Å². The Balaban J connectivity index is 1.63. The number of carbonyl (C=O) groups is 2. The first-order chi connectivity index (χ1) is 14.7. The van der Waals surface area contributed by atoms with Crippen molar-refractivity contribution in [1.82, 2.24) is 15.5 Å². The Morgan fingerprint density at radius 1 is 1.17 bits per heavy atom. The van der Waals surface area contributed by atoms with Gasteiger partial charge >= 0.3 is 6.09 Å². The summed E-state index contributed by atoms with van der Waals surface area (Å²) in [6.07, 6.45) is 1.80. The number of rotatable bonds is 8. The largest absolute Gasteiger partial charge is 0.445 e. The van der Waals surface area contributed by atoms with E-state index in [0.717, 1.165) is 6.42 Å². The number of nitrogens with one attached hydrogen (secondary N) is 2. The summed E-state index contributed by atoms with van der Waals surface area (Å²) in [6.45, 7) is 5.62. The molecule has 0 bridgehead atoms. The highest BCUT2D eigenvalue weighted by atomic mass is 16.5. The summed E-state index contributed by atoms with van der Waals surface area (Å²) >= 11 is 0. The van der Waals surface area contributed by atoms with Crippen LogP contribution >= 0.6 is 0 Å². The van der Waals surface area contributed by atoms with E-state index in [9.17, 15) is 9.59 Å². The minimum atomic E-state index is -0.475. The molecule has 2 N–H and O–H groups in total. The zero-order valence-electron chi connectivity index (χ0n) is 17.1. The van der Waals surface area contributed by atoms with Crippen molar-refractivity contribution >= 4 is 12.0 Å². The van der Waals surface area contributed by atoms with Crippen molar-refractivity contribution in [1.29, 1.82) is 0 Å². The van der Waals surface area contributed by atoms with Gasteiger partial charge in [-0.1, -0.05) is 73.3 Å². The van der Waals surface area contributed by atoms with Gasteiger partial charge in [-0.25, -0.2) is 4.79 Å². The molecule has 2 aromatic carbocycles. The molecule has 1 atom stereocenters. The first-order valence-electron chi connectivity index (χ1n) is 10.3. The van der Waals surface area contributed by atoms with E-state index in [0.29, 0.717) is 19.6 Å². The SMILES string of the molecule is C=CCOC(=O)NCC1CCN(CC(c2ccccc2)c2ccccc2)C(=O)CN1. The number of hydrogen-bond acceptors (Lipinski definition) is 4. The lowest BCUT2D eigenvalue weighted by atomic mass is 9.90. The summed E-state index contributed by atoms with van der Waals surface area (Å²) in [5, 5.41) is 5.98. The van der Waals surface area contributed by atoms with Crippen molar-refractivity contribution in [2.75, 3.05) is 32.8 Å². The van der Waals surface area contributed by atoms with Crippen molar-refractivity contribution < 1.29 is 14.3 Å². The standard InChI is InChI=1S/C24H29N3O3/c1-2-15-30-24(29)26-16-21-13-14-27(23(28)17-25-21)18-22(19-9-5-3-6-10-19)20-11-7-4-8-12-20/h2-12,21-22,25H,1,13-18H2,(H,26,29). The molecule has 2 amide bonds. The molecular formula is C24H29N3O3. The molecule has 0 aliphatic carbocycles. The van der Waals surface area contributed by atoms with Gasteiger partial charge in [0.15, 0.2) is 0 Å². The molecule has 0 aromatic heterocycles. The molecule has 0 radical (unpaired) electrons. The van der Waals surface area contributed by atoms with Crippen LogP contribution in [0.4, 0.5) is 4.79 Å². The molecule has 1 saturated heterocycles. The van der Waals surface area contributed by atoms with E-state index in [-0.39, 0.29) is 31.0 Å². The zero-order valence-corrected chi connectivity index (χ0v) is 17.1. The zero-order chi connectivity index (χ0) is 21.2. The van der Waals surface area contributed by atoms with Crippen LogP contribution in [0.2, 0.25) is 0 Å². The first kappa shape index (κ1) is 21.6. The fourth-order valence-corrected chi connectivity index (χ4v) is 3.64. The molecule has 2 aromatic rings. The highest BCUT2D eigenvalue weighted by molar-refractivity contribution is 5.78. The third-order valence-electron chi connectivity index (χ3n) is 5.27. The lowest BCUT2D eigenvalue weighted by Crippen LogP contribution is -2.42. The van der Waals surface area contributed by atoms with Gasteiger partial charge in [0, 0.05) is 31.6 Å². The van der Waals surface area contributed by atoms with E-state index >= 15 is 0 Å². The number of nitrogens with zero attached hydrogens (tertiary/aromatic N) is 1. The number of hydrogen-bond donors (Lipinski definition) is 2.